The first-order valence-corrected chi connectivity index (χ1v) is 5.27. The summed E-state index contributed by atoms with van der Waals surface area (Å²) >= 11 is 0. The number of carbonyl (C=O) groups excluding carboxylic acids is 2. The Morgan fingerprint density at radius 3 is 2.80 bits per heavy atom. The van der Waals surface area contributed by atoms with Crippen molar-refractivity contribution in [3.63, 3.8) is 0 Å². The molecule has 1 fully saturated rings. The summed E-state index contributed by atoms with van der Waals surface area (Å²) in [5, 5.41) is 0. The lowest BCUT2D eigenvalue weighted by Gasteiger charge is -2.13. The lowest BCUT2D eigenvalue weighted by Crippen LogP contribution is -2.33. The van der Waals surface area contributed by atoms with E-state index in [2.05, 4.69) is 0 Å². The van der Waals surface area contributed by atoms with Crippen molar-refractivity contribution >= 4 is 11.8 Å². The van der Waals surface area contributed by atoms with Gasteiger partial charge in [0, 0.05) is 12.3 Å². The van der Waals surface area contributed by atoms with Gasteiger partial charge in [-0.3, -0.25) is 14.5 Å². The van der Waals surface area contributed by atoms with Gasteiger partial charge in [0.1, 0.15) is 6.61 Å². The zero-order valence-electron chi connectivity index (χ0n) is 9.23. The van der Waals surface area contributed by atoms with Gasteiger partial charge in [0.2, 0.25) is 11.8 Å². The number of carbonyl (C=O) groups is 2. The summed E-state index contributed by atoms with van der Waals surface area (Å²) in [4.78, 5) is 24.4. The Morgan fingerprint density at radius 1 is 1.53 bits per heavy atom. The zero-order valence-corrected chi connectivity index (χ0v) is 9.23. The first-order chi connectivity index (χ1) is 7.20. The highest BCUT2D eigenvalue weighted by Gasteiger charge is 2.36. The van der Waals surface area contributed by atoms with Gasteiger partial charge in [-0.2, -0.15) is 0 Å². The van der Waals surface area contributed by atoms with Crippen LogP contribution >= 0.6 is 0 Å². The summed E-state index contributed by atoms with van der Waals surface area (Å²) < 4.78 is 5.08. The van der Waals surface area contributed by atoms with E-state index in [1.165, 1.54) is 4.90 Å². The summed E-state index contributed by atoms with van der Waals surface area (Å²) in [5.41, 5.74) is 0. The van der Waals surface area contributed by atoms with E-state index in [9.17, 15) is 9.59 Å². The highest BCUT2D eigenvalue weighted by Crippen LogP contribution is 2.21. The van der Waals surface area contributed by atoms with Gasteiger partial charge in [0.15, 0.2) is 0 Å². The number of hydrogen-bond donors (Lipinski definition) is 0. The van der Waals surface area contributed by atoms with E-state index in [0.29, 0.717) is 19.6 Å². The second-order valence-electron chi connectivity index (χ2n) is 3.53. The summed E-state index contributed by atoms with van der Waals surface area (Å²) in [6.45, 7) is 4.51. The minimum absolute atomic E-state index is 0.0495. The first-order valence-electron chi connectivity index (χ1n) is 5.27. The Balaban J connectivity index is 2.41. The molecule has 4 nitrogen and oxygen atoms in total. The van der Waals surface area contributed by atoms with Gasteiger partial charge in [0.25, 0.3) is 0 Å². The van der Waals surface area contributed by atoms with Gasteiger partial charge in [0.05, 0.1) is 12.8 Å². The van der Waals surface area contributed by atoms with Gasteiger partial charge in [-0.05, 0) is 13.3 Å². The Kier molecular flexibility index (Phi) is 4.34. The monoisotopic (exact) mass is 211 g/mol. The maximum Gasteiger partial charge on any atom is 0.232 e. The van der Waals surface area contributed by atoms with Crippen LogP contribution in [0.4, 0.5) is 0 Å². The predicted molar refractivity (Wildman–Crippen MR) is 55.9 cm³/mol. The molecule has 0 bridgehead atoms. The van der Waals surface area contributed by atoms with Gasteiger partial charge in [-0.1, -0.05) is 13.0 Å². The van der Waals surface area contributed by atoms with Crippen molar-refractivity contribution in [3.05, 3.63) is 12.3 Å². The van der Waals surface area contributed by atoms with Crippen LogP contribution in [0.2, 0.25) is 0 Å². The topological polar surface area (TPSA) is 46.6 Å². The first kappa shape index (κ1) is 11.8. The van der Waals surface area contributed by atoms with E-state index in [0.717, 1.165) is 6.42 Å². The highest BCUT2D eigenvalue weighted by atomic mass is 16.5. The minimum Gasteiger partial charge on any atom is -0.500 e. The zero-order chi connectivity index (χ0) is 11.3. The molecule has 1 atom stereocenters. The lowest BCUT2D eigenvalue weighted by atomic mass is 10.1. The van der Waals surface area contributed by atoms with E-state index in [1.807, 2.05) is 13.8 Å². The van der Waals surface area contributed by atoms with E-state index < -0.39 is 0 Å². The molecule has 0 aromatic rings. The molecule has 1 unspecified atom stereocenters. The smallest absolute Gasteiger partial charge is 0.232 e. The van der Waals surface area contributed by atoms with Gasteiger partial charge in [-0.15, -0.1) is 0 Å². The van der Waals surface area contributed by atoms with E-state index in [4.69, 9.17) is 4.74 Å². The minimum atomic E-state index is -0.112. The van der Waals surface area contributed by atoms with Crippen molar-refractivity contribution in [2.24, 2.45) is 5.92 Å². The third-order valence-corrected chi connectivity index (χ3v) is 2.50. The molecule has 15 heavy (non-hydrogen) atoms. The van der Waals surface area contributed by atoms with Crippen LogP contribution in [0.15, 0.2) is 12.3 Å². The van der Waals surface area contributed by atoms with Crippen molar-refractivity contribution < 1.29 is 14.3 Å². The van der Waals surface area contributed by atoms with Crippen LogP contribution in [-0.2, 0) is 14.3 Å². The molecule has 84 valence electrons. The second kappa shape index (κ2) is 5.53. The normalized spacial score (nSPS) is 21.7. The molecule has 0 aromatic heterocycles. The Morgan fingerprint density at radius 2 is 2.27 bits per heavy atom. The van der Waals surface area contributed by atoms with Crippen LogP contribution < -0.4 is 0 Å². The number of hydrogen-bond acceptors (Lipinski definition) is 3. The molecule has 1 heterocycles. The number of allylic oxidation sites excluding steroid dienone is 1. The van der Waals surface area contributed by atoms with Crippen molar-refractivity contribution in [3.8, 4) is 0 Å². The number of amides is 2. The molecule has 1 saturated heterocycles. The second-order valence-corrected chi connectivity index (χ2v) is 3.53. The van der Waals surface area contributed by atoms with Crippen LogP contribution in [-0.4, -0.2) is 29.9 Å². The molecule has 0 aromatic carbocycles. The fraction of sp³-hybridized carbons (Fsp3) is 0.636. The van der Waals surface area contributed by atoms with Crippen LogP contribution in [0.5, 0.6) is 0 Å². The summed E-state index contributed by atoms with van der Waals surface area (Å²) in [7, 11) is 0. The summed E-state index contributed by atoms with van der Waals surface area (Å²) in [6.07, 6.45) is 4.42. The fourth-order valence-electron chi connectivity index (χ4n) is 1.61. The molecule has 4 heteroatoms. The van der Waals surface area contributed by atoms with Crippen molar-refractivity contribution in [2.45, 2.75) is 26.7 Å². The van der Waals surface area contributed by atoms with Crippen LogP contribution in [0.3, 0.4) is 0 Å². The molecule has 0 radical (unpaired) electrons. The number of likely N-dealkylation sites (tertiary alicyclic amines) is 1. The van der Waals surface area contributed by atoms with E-state index in [1.54, 1.807) is 12.3 Å². The molecule has 1 rings (SSSR count). The van der Waals surface area contributed by atoms with E-state index in [-0.39, 0.29) is 17.7 Å². The van der Waals surface area contributed by atoms with Crippen LogP contribution in [0, 0.1) is 5.92 Å². The van der Waals surface area contributed by atoms with Gasteiger partial charge >= 0.3 is 0 Å². The van der Waals surface area contributed by atoms with Gasteiger partial charge < -0.3 is 4.74 Å². The number of imide groups is 1. The SMILES string of the molecule is CC=COCCN1C(=O)CC(CC)C1=O. The maximum absolute atomic E-state index is 11.6. The average molecular weight is 211 g/mol. The quantitative estimate of drug-likeness (QED) is 0.391. The van der Waals surface area contributed by atoms with E-state index >= 15 is 0 Å². The molecule has 0 aliphatic carbocycles. The largest absolute Gasteiger partial charge is 0.500 e. The molecule has 2 amide bonds. The maximum atomic E-state index is 11.6. The number of rotatable bonds is 5. The Labute approximate surface area is 89.9 Å². The number of ether oxygens (including phenoxy) is 1. The molecule has 0 spiro atoms. The standard InChI is InChI=1S/C11H17NO3/c1-3-6-15-7-5-12-10(13)8-9(4-2)11(12)14/h3,6,9H,4-5,7-8H2,1-2H3. The molecular weight excluding hydrogens is 194 g/mol. The van der Waals surface area contributed by atoms with Crippen molar-refractivity contribution in [1.29, 1.82) is 0 Å². The van der Waals surface area contributed by atoms with Gasteiger partial charge in [-0.25, -0.2) is 0 Å². The predicted octanol–water partition coefficient (Wildman–Crippen LogP) is 1.32. The Hall–Kier alpha value is -1.32. The molecule has 1 aliphatic rings. The molecule has 0 saturated carbocycles. The van der Waals surface area contributed by atoms with Crippen molar-refractivity contribution in [2.75, 3.05) is 13.2 Å². The summed E-state index contributed by atoms with van der Waals surface area (Å²) in [5.74, 6) is -0.235. The third kappa shape index (κ3) is 2.81. The fourth-order valence-corrected chi connectivity index (χ4v) is 1.61. The Bertz CT molecular complexity index is 273. The number of nitrogens with zero attached hydrogens (tertiary/aromatic N) is 1. The van der Waals surface area contributed by atoms with Crippen molar-refractivity contribution in [1.82, 2.24) is 4.90 Å². The van der Waals surface area contributed by atoms with Crippen LogP contribution in [0.25, 0.3) is 0 Å². The molecular formula is C11H17NO3. The highest BCUT2D eigenvalue weighted by molar-refractivity contribution is 6.03. The molecule has 1 aliphatic heterocycles. The van der Waals surface area contributed by atoms with Crippen LogP contribution in [0.1, 0.15) is 26.7 Å². The summed E-state index contributed by atoms with van der Waals surface area (Å²) in [6, 6.07) is 0. The lowest BCUT2D eigenvalue weighted by molar-refractivity contribution is -0.139. The third-order valence-electron chi connectivity index (χ3n) is 2.50. The molecule has 0 N–H and O–H groups in total. The average Bonchev–Trinajstić information content (AvgIpc) is 2.50.